The van der Waals surface area contributed by atoms with Crippen molar-refractivity contribution in [1.82, 2.24) is 4.90 Å². The van der Waals surface area contributed by atoms with Gasteiger partial charge in [-0.1, -0.05) is 6.92 Å². The maximum absolute atomic E-state index is 12.1. The lowest BCUT2D eigenvalue weighted by Gasteiger charge is -2.28. The maximum Gasteiger partial charge on any atom is 0.325 e. The molecule has 1 amide bonds. The lowest BCUT2D eigenvalue weighted by molar-refractivity contribution is -0.151. The highest BCUT2D eigenvalue weighted by Gasteiger charge is 2.24. The molecule has 0 aromatic heterocycles. The Kier molecular flexibility index (Phi) is 7.54. The average Bonchev–Trinajstić information content (AvgIpc) is 2.25. The van der Waals surface area contributed by atoms with Crippen molar-refractivity contribution in [3.05, 3.63) is 0 Å². The van der Waals surface area contributed by atoms with Gasteiger partial charge in [-0.2, -0.15) is 0 Å². The van der Waals surface area contributed by atoms with Gasteiger partial charge in [-0.15, -0.1) is 0 Å². The summed E-state index contributed by atoms with van der Waals surface area (Å²) in [5, 5.41) is 0. The zero-order chi connectivity index (χ0) is 13.4. The van der Waals surface area contributed by atoms with Crippen molar-refractivity contribution in [3.63, 3.8) is 0 Å². The van der Waals surface area contributed by atoms with E-state index in [0.717, 1.165) is 0 Å². The predicted octanol–water partition coefficient (Wildman–Crippen LogP) is 0.771. The monoisotopic (exact) mass is 244 g/mol. The van der Waals surface area contributed by atoms with Gasteiger partial charge in [0.2, 0.25) is 5.91 Å². The molecule has 1 atom stereocenters. The highest BCUT2D eigenvalue weighted by Crippen LogP contribution is 2.10. The van der Waals surface area contributed by atoms with Crippen LogP contribution in [0.15, 0.2) is 0 Å². The van der Waals surface area contributed by atoms with Crippen LogP contribution >= 0.6 is 0 Å². The fourth-order valence-electron chi connectivity index (χ4n) is 1.52. The number of hydrogen-bond donors (Lipinski definition) is 1. The van der Waals surface area contributed by atoms with Gasteiger partial charge in [0.15, 0.2) is 0 Å². The first-order valence-corrected chi connectivity index (χ1v) is 6.10. The molecule has 2 N–H and O–H groups in total. The summed E-state index contributed by atoms with van der Waals surface area (Å²) in [5.74, 6) is -0.565. The zero-order valence-electron chi connectivity index (χ0n) is 11.2. The molecule has 0 bridgehead atoms. The van der Waals surface area contributed by atoms with E-state index in [9.17, 15) is 9.59 Å². The number of esters is 1. The molecule has 0 aromatic rings. The van der Waals surface area contributed by atoms with E-state index in [1.54, 1.807) is 11.8 Å². The summed E-state index contributed by atoms with van der Waals surface area (Å²) in [7, 11) is 0. The van der Waals surface area contributed by atoms with Gasteiger partial charge >= 0.3 is 5.97 Å². The van der Waals surface area contributed by atoms with Gasteiger partial charge in [0.05, 0.1) is 6.61 Å². The first kappa shape index (κ1) is 15.9. The van der Waals surface area contributed by atoms with Crippen molar-refractivity contribution < 1.29 is 14.3 Å². The van der Waals surface area contributed by atoms with Crippen molar-refractivity contribution in [2.75, 3.05) is 19.7 Å². The minimum atomic E-state index is -0.366. The molecule has 0 aliphatic rings. The van der Waals surface area contributed by atoms with Crippen LogP contribution in [0.25, 0.3) is 0 Å². The molecule has 0 spiro atoms. The number of hydrogen-bond acceptors (Lipinski definition) is 4. The standard InChI is InChI=1S/C12H24N2O3/c1-5-17-11(15)8-14(9(2)3)12(16)10(4)6-7-13/h9-10H,5-8,13H2,1-4H3. The lowest BCUT2D eigenvalue weighted by Crippen LogP contribution is -2.44. The Morgan fingerprint density at radius 3 is 2.29 bits per heavy atom. The van der Waals surface area contributed by atoms with Gasteiger partial charge in [0.1, 0.15) is 6.54 Å². The summed E-state index contributed by atoms with van der Waals surface area (Å²) < 4.78 is 4.85. The summed E-state index contributed by atoms with van der Waals surface area (Å²) in [4.78, 5) is 25.0. The predicted molar refractivity (Wildman–Crippen MR) is 66.3 cm³/mol. The molecule has 0 aromatic carbocycles. The third kappa shape index (κ3) is 5.68. The van der Waals surface area contributed by atoms with E-state index < -0.39 is 0 Å². The zero-order valence-corrected chi connectivity index (χ0v) is 11.2. The fourth-order valence-corrected chi connectivity index (χ4v) is 1.52. The second kappa shape index (κ2) is 8.06. The Morgan fingerprint density at radius 1 is 1.29 bits per heavy atom. The second-order valence-corrected chi connectivity index (χ2v) is 4.34. The van der Waals surface area contributed by atoms with E-state index in [-0.39, 0.29) is 30.4 Å². The van der Waals surface area contributed by atoms with Crippen LogP contribution in [0, 0.1) is 5.92 Å². The van der Waals surface area contributed by atoms with Crippen LogP contribution in [0.3, 0.4) is 0 Å². The van der Waals surface area contributed by atoms with Crippen LogP contribution in [0.2, 0.25) is 0 Å². The molecule has 0 aliphatic heterocycles. The Morgan fingerprint density at radius 2 is 1.88 bits per heavy atom. The molecule has 0 fully saturated rings. The summed E-state index contributed by atoms with van der Waals surface area (Å²) in [6, 6.07) is -0.0212. The fraction of sp³-hybridized carbons (Fsp3) is 0.833. The smallest absolute Gasteiger partial charge is 0.325 e. The van der Waals surface area contributed by atoms with E-state index in [1.807, 2.05) is 20.8 Å². The molecule has 17 heavy (non-hydrogen) atoms. The van der Waals surface area contributed by atoms with Crippen molar-refractivity contribution in [2.24, 2.45) is 11.7 Å². The molecule has 100 valence electrons. The maximum atomic E-state index is 12.1. The highest BCUT2D eigenvalue weighted by molar-refractivity contribution is 5.83. The highest BCUT2D eigenvalue weighted by atomic mass is 16.5. The summed E-state index contributed by atoms with van der Waals surface area (Å²) in [6.45, 7) is 8.15. The van der Waals surface area contributed by atoms with Gasteiger partial charge in [-0.3, -0.25) is 9.59 Å². The molecule has 0 radical (unpaired) electrons. The summed E-state index contributed by atoms with van der Waals surface area (Å²) >= 11 is 0. The summed E-state index contributed by atoms with van der Waals surface area (Å²) in [5.41, 5.74) is 5.43. The van der Waals surface area contributed by atoms with Gasteiger partial charge in [0, 0.05) is 12.0 Å². The molecule has 0 rings (SSSR count). The number of nitrogens with zero attached hydrogens (tertiary/aromatic N) is 1. The summed E-state index contributed by atoms with van der Waals surface area (Å²) in [6.07, 6.45) is 0.630. The number of ether oxygens (including phenoxy) is 1. The third-order valence-corrected chi connectivity index (χ3v) is 2.53. The van der Waals surface area contributed by atoms with E-state index in [4.69, 9.17) is 10.5 Å². The van der Waals surface area contributed by atoms with Gasteiger partial charge < -0.3 is 15.4 Å². The number of carbonyl (C=O) groups excluding carboxylic acids is 2. The van der Waals surface area contributed by atoms with Crippen molar-refractivity contribution in [3.8, 4) is 0 Å². The number of amides is 1. The molecule has 5 nitrogen and oxygen atoms in total. The number of rotatable bonds is 7. The topological polar surface area (TPSA) is 72.6 Å². The number of carbonyl (C=O) groups is 2. The van der Waals surface area contributed by atoms with Gasteiger partial charge in [-0.25, -0.2) is 0 Å². The second-order valence-electron chi connectivity index (χ2n) is 4.34. The van der Waals surface area contributed by atoms with Crippen LogP contribution in [0.5, 0.6) is 0 Å². The SMILES string of the molecule is CCOC(=O)CN(C(=O)C(C)CCN)C(C)C. The molecule has 0 aliphatic carbocycles. The molecule has 0 saturated heterocycles. The quantitative estimate of drug-likeness (QED) is 0.671. The van der Waals surface area contributed by atoms with Crippen LogP contribution in [-0.4, -0.2) is 42.5 Å². The normalized spacial score (nSPS) is 12.4. The van der Waals surface area contributed by atoms with Gasteiger partial charge in [0.25, 0.3) is 0 Å². The average molecular weight is 244 g/mol. The first-order chi connectivity index (χ1) is 7.93. The Bertz CT molecular complexity index is 254. The van der Waals surface area contributed by atoms with E-state index in [2.05, 4.69) is 0 Å². The number of nitrogens with two attached hydrogens (primary N) is 1. The molecular weight excluding hydrogens is 220 g/mol. The van der Waals surface area contributed by atoms with Gasteiger partial charge in [-0.05, 0) is 33.7 Å². The van der Waals surface area contributed by atoms with Crippen molar-refractivity contribution in [2.45, 2.75) is 40.2 Å². The molecule has 5 heteroatoms. The van der Waals surface area contributed by atoms with Crippen molar-refractivity contribution >= 4 is 11.9 Å². The minimum absolute atomic E-state index is 0.0131. The Labute approximate surface area is 103 Å². The minimum Gasteiger partial charge on any atom is -0.465 e. The molecular formula is C12H24N2O3. The van der Waals surface area contributed by atoms with E-state index in [1.165, 1.54) is 0 Å². The van der Waals surface area contributed by atoms with E-state index in [0.29, 0.717) is 19.6 Å². The largest absolute Gasteiger partial charge is 0.465 e. The Balaban J connectivity index is 4.51. The Hall–Kier alpha value is -1.10. The third-order valence-electron chi connectivity index (χ3n) is 2.53. The first-order valence-electron chi connectivity index (χ1n) is 6.10. The van der Waals surface area contributed by atoms with Crippen LogP contribution < -0.4 is 5.73 Å². The van der Waals surface area contributed by atoms with Crippen molar-refractivity contribution in [1.29, 1.82) is 0 Å². The van der Waals surface area contributed by atoms with Crippen LogP contribution in [0.1, 0.15) is 34.1 Å². The van der Waals surface area contributed by atoms with Crippen LogP contribution in [-0.2, 0) is 14.3 Å². The molecule has 0 saturated carbocycles. The lowest BCUT2D eigenvalue weighted by atomic mass is 10.1. The molecule has 0 heterocycles. The van der Waals surface area contributed by atoms with E-state index >= 15 is 0 Å². The van der Waals surface area contributed by atoms with Crippen LogP contribution in [0.4, 0.5) is 0 Å². The molecule has 1 unspecified atom stereocenters.